The van der Waals surface area contributed by atoms with Crippen LogP contribution < -0.4 is 0 Å². The number of rotatable bonds is 10. The van der Waals surface area contributed by atoms with E-state index in [1.165, 1.54) is 11.1 Å². The van der Waals surface area contributed by atoms with Gasteiger partial charge in [0, 0.05) is 13.1 Å². The van der Waals surface area contributed by atoms with Gasteiger partial charge in [-0.25, -0.2) is 4.79 Å². The molecule has 0 bridgehead atoms. The Hall–Kier alpha value is -2.94. The number of hydrogen-bond donors (Lipinski definition) is 0. The molecule has 0 atom stereocenters. The Morgan fingerprint density at radius 1 is 1.03 bits per heavy atom. The van der Waals surface area contributed by atoms with Crippen LogP contribution >= 0.6 is 0 Å². The minimum atomic E-state index is -0.574. The van der Waals surface area contributed by atoms with Gasteiger partial charge in [0.25, 0.3) is 0 Å². The molecule has 0 aliphatic carbocycles. The Kier molecular flexibility index (Phi) is 8.79. The molecule has 0 heterocycles. The summed E-state index contributed by atoms with van der Waals surface area (Å²) in [6.07, 6.45) is 1.58. The van der Waals surface area contributed by atoms with E-state index < -0.39 is 5.97 Å². The van der Waals surface area contributed by atoms with Crippen LogP contribution in [0.3, 0.4) is 0 Å². The number of ether oxygens (including phenoxy) is 1. The maximum absolute atomic E-state index is 12.2. The molecule has 5 heteroatoms. The van der Waals surface area contributed by atoms with E-state index in [2.05, 4.69) is 36.1 Å². The Labute approximate surface area is 180 Å². The zero-order chi connectivity index (χ0) is 22.0. The summed E-state index contributed by atoms with van der Waals surface area (Å²) in [4.78, 5) is 14.5. The summed E-state index contributed by atoms with van der Waals surface area (Å²) in [5.41, 5.74) is 3.31. The molecule has 2 aromatic rings. The monoisotopic (exact) mass is 406 g/mol. The third-order valence-electron chi connectivity index (χ3n) is 4.73. The largest absolute Gasteiger partial charge is 0.456 e. The molecule has 0 saturated heterocycles. The lowest BCUT2D eigenvalue weighted by molar-refractivity contribution is -0.870. The van der Waals surface area contributed by atoms with Crippen molar-refractivity contribution in [3.8, 4) is 6.07 Å². The molecule has 0 aliphatic rings. The highest BCUT2D eigenvalue weighted by molar-refractivity contribution is 5.97. The van der Waals surface area contributed by atoms with E-state index in [1.807, 2.05) is 57.5 Å². The van der Waals surface area contributed by atoms with Gasteiger partial charge in [-0.15, -0.1) is 0 Å². The summed E-state index contributed by atoms with van der Waals surface area (Å²) in [6, 6.07) is 20.3. The molecule has 5 nitrogen and oxygen atoms in total. The predicted octanol–water partition coefficient (Wildman–Crippen LogP) is 3.87. The molecular formula is C25H32N3O2+. The SMILES string of the molecule is CCN(Cc1ccccc1)Cc1ccc(/C=C(\C#N)C(=O)OCC[N+](C)(C)C)cc1. The summed E-state index contributed by atoms with van der Waals surface area (Å²) in [5, 5.41) is 9.33. The van der Waals surface area contributed by atoms with Crippen LogP contribution in [-0.4, -0.2) is 56.2 Å². The van der Waals surface area contributed by atoms with Crippen molar-refractivity contribution in [3.63, 3.8) is 0 Å². The van der Waals surface area contributed by atoms with E-state index in [9.17, 15) is 10.1 Å². The van der Waals surface area contributed by atoms with E-state index in [0.29, 0.717) is 11.0 Å². The fraction of sp³-hybridized carbons (Fsp3) is 0.360. The number of benzene rings is 2. The number of hydrogen-bond acceptors (Lipinski definition) is 4. The topological polar surface area (TPSA) is 53.3 Å². The van der Waals surface area contributed by atoms with Crippen LogP contribution in [0, 0.1) is 11.3 Å². The molecular weight excluding hydrogens is 374 g/mol. The highest BCUT2D eigenvalue weighted by Gasteiger charge is 2.14. The van der Waals surface area contributed by atoms with Crippen LogP contribution in [0.25, 0.3) is 6.08 Å². The van der Waals surface area contributed by atoms with Crippen molar-refractivity contribution in [3.05, 3.63) is 76.9 Å². The second kappa shape index (κ2) is 11.3. The number of quaternary nitrogens is 1. The molecule has 0 radical (unpaired) electrons. The minimum absolute atomic E-state index is 0.0171. The van der Waals surface area contributed by atoms with Crippen LogP contribution in [0.1, 0.15) is 23.6 Å². The predicted molar refractivity (Wildman–Crippen MR) is 120 cm³/mol. The Morgan fingerprint density at radius 3 is 2.17 bits per heavy atom. The molecule has 2 aromatic carbocycles. The summed E-state index contributed by atoms with van der Waals surface area (Å²) >= 11 is 0. The summed E-state index contributed by atoms with van der Waals surface area (Å²) < 4.78 is 5.93. The molecule has 30 heavy (non-hydrogen) atoms. The van der Waals surface area contributed by atoms with Gasteiger partial charge in [0.05, 0.1) is 21.1 Å². The van der Waals surface area contributed by atoms with Gasteiger partial charge in [0.1, 0.15) is 24.8 Å². The molecule has 0 saturated carbocycles. The normalized spacial score (nSPS) is 11.9. The van der Waals surface area contributed by atoms with Crippen LogP contribution in [0.5, 0.6) is 0 Å². The number of carbonyl (C=O) groups excluding carboxylic acids is 1. The molecule has 0 N–H and O–H groups in total. The molecule has 0 aliphatic heterocycles. The standard InChI is InChI=1S/C25H32N3O2/c1-5-27(19-22-9-7-6-8-10-22)20-23-13-11-21(12-14-23)17-24(18-26)25(29)30-16-15-28(2,3)4/h6-14,17H,5,15-16,19-20H2,1-4H3/q+1/b24-17+. The average molecular weight is 407 g/mol. The number of carbonyl (C=O) groups is 1. The second-order valence-corrected chi connectivity index (χ2v) is 8.35. The second-order valence-electron chi connectivity index (χ2n) is 8.35. The fourth-order valence-corrected chi connectivity index (χ4v) is 2.89. The number of likely N-dealkylation sites (N-methyl/N-ethyl adjacent to an activating group) is 1. The maximum atomic E-state index is 12.2. The molecule has 2 rings (SSSR count). The van der Waals surface area contributed by atoms with Gasteiger partial charge < -0.3 is 9.22 Å². The van der Waals surface area contributed by atoms with Crippen molar-refractivity contribution in [1.29, 1.82) is 5.26 Å². The zero-order valence-electron chi connectivity index (χ0n) is 18.5. The van der Waals surface area contributed by atoms with E-state index >= 15 is 0 Å². The number of nitriles is 1. The fourth-order valence-electron chi connectivity index (χ4n) is 2.89. The van der Waals surface area contributed by atoms with Gasteiger partial charge in [-0.2, -0.15) is 5.26 Å². The average Bonchev–Trinajstić information content (AvgIpc) is 2.72. The first-order valence-electron chi connectivity index (χ1n) is 10.3. The van der Waals surface area contributed by atoms with E-state index in [0.717, 1.165) is 25.2 Å². The van der Waals surface area contributed by atoms with Gasteiger partial charge in [-0.1, -0.05) is 61.5 Å². The Morgan fingerprint density at radius 2 is 1.63 bits per heavy atom. The maximum Gasteiger partial charge on any atom is 0.349 e. The van der Waals surface area contributed by atoms with E-state index in [4.69, 9.17) is 4.74 Å². The van der Waals surface area contributed by atoms with E-state index in [1.54, 1.807) is 6.08 Å². The Bertz CT molecular complexity index is 875. The van der Waals surface area contributed by atoms with E-state index in [-0.39, 0.29) is 12.2 Å². The molecule has 0 aromatic heterocycles. The zero-order valence-corrected chi connectivity index (χ0v) is 18.5. The van der Waals surface area contributed by atoms with Crippen LogP contribution in [0.2, 0.25) is 0 Å². The van der Waals surface area contributed by atoms with Crippen LogP contribution in [0.4, 0.5) is 0 Å². The number of nitrogens with zero attached hydrogens (tertiary/aromatic N) is 3. The van der Waals surface area contributed by atoms with Crippen molar-refractivity contribution in [2.45, 2.75) is 20.0 Å². The molecule has 0 fully saturated rings. The van der Waals surface area contributed by atoms with Crippen molar-refractivity contribution >= 4 is 12.0 Å². The lowest BCUT2D eigenvalue weighted by Crippen LogP contribution is -2.38. The van der Waals surface area contributed by atoms with Gasteiger partial charge in [-0.05, 0) is 29.3 Å². The van der Waals surface area contributed by atoms with Gasteiger partial charge in [-0.3, -0.25) is 4.90 Å². The summed E-state index contributed by atoms with van der Waals surface area (Å²) in [7, 11) is 6.07. The Balaban J connectivity index is 1.97. The highest BCUT2D eigenvalue weighted by Crippen LogP contribution is 2.13. The lowest BCUT2D eigenvalue weighted by Gasteiger charge is -2.23. The molecule has 0 amide bonds. The number of esters is 1. The minimum Gasteiger partial charge on any atom is -0.456 e. The highest BCUT2D eigenvalue weighted by atomic mass is 16.5. The smallest absolute Gasteiger partial charge is 0.349 e. The summed E-state index contributed by atoms with van der Waals surface area (Å²) in [6.45, 7) is 5.83. The van der Waals surface area contributed by atoms with Crippen LogP contribution in [0.15, 0.2) is 60.2 Å². The third kappa shape index (κ3) is 8.20. The van der Waals surface area contributed by atoms with Gasteiger partial charge >= 0.3 is 5.97 Å². The summed E-state index contributed by atoms with van der Waals surface area (Å²) in [5.74, 6) is -0.574. The molecule has 0 spiro atoms. The van der Waals surface area contributed by atoms with Gasteiger partial charge in [0.15, 0.2) is 0 Å². The third-order valence-corrected chi connectivity index (χ3v) is 4.73. The van der Waals surface area contributed by atoms with Crippen molar-refractivity contribution in [1.82, 2.24) is 4.90 Å². The first kappa shape index (κ1) is 23.3. The lowest BCUT2D eigenvalue weighted by atomic mass is 10.1. The molecule has 0 unspecified atom stereocenters. The van der Waals surface area contributed by atoms with Gasteiger partial charge in [0.2, 0.25) is 0 Å². The van der Waals surface area contributed by atoms with Crippen molar-refractivity contribution in [2.75, 3.05) is 40.8 Å². The first-order valence-corrected chi connectivity index (χ1v) is 10.3. The quantitative estimate of drug-likeness (QED) is 0.260. The van der Waals surface area contributed by atoms with Crippen LogP contribution in [-0.2, 0) is 22.6 Å². The van der Waals surface area contributed by atoms with Crippen molar-refractivity contribution < 1.29 is 14.0 Å². The first-order chi connectivity index (χ1) is 14.3. The van der Waals surface area contributed by atoms with Crippen molar-refractivity contribution in [2.24, 2.45) is 0 Å². The molecule has 158 valence electrons.